The molecule has 106 valence electrons. The Morgan fingerprint density at radius 1 is 0.864 bits per heavy atom. The second-order valence-electron chi connectivity index (χ2n) is 5.36. The summed E-state index contributed by atoms with van der Waals surface area (Å²) in [5.74, 6) is -0.0237. The lowest BCUT2D eigenvalue weighted by atomic mass is 10.00. The SMILES string of the molecule is Nc1cc(C(=O)c2ccccc2)c2[nH]c3ccccc3c2c1. The summed E-state index contributed by atoms with van der Waals surface area (Å²) >= 11 is 0. The molecule has 4 aromatic rings. The summed E-state index contributed by atoms with van der Waals surface area (Å²) in [6.45, 7) is 0. The van der Waals surface area contributed by atoms with Crippen molar-refractivity contribution in [3.8, 4) is 0 Å². The van der Waals surface area contributed by atoms with Gasteiger partial charge in [0, 0.05) is 33.1 Å². The lowest BCUT2D eigenvalue weighted by Crippen LogP contribution is -2.03. The van der Waals surface area contributed by atoms with Gasteiger partial charge in [-0.15, -0.1) is 0 Å². The van der Waals surface area contributed by atoms with Crippen LogP contribution < -0.4 is 5.73 Å². The molecule has 0 aliphatic heterocycles. The Labute approximate surface area is 127 Å². The number of nitrogen functional groups attached to an aromatic ring is 1. The minimum atomic E-state index is -0.0237. The standard InChI is InChI=1S/C19H14N2O/c20-13-10-15-14-8-4-5-9-17(14)21-18(15)16(11-13)19(22)12-6-2-1-3-7-12/h1-11,21H,20H2. The molecule has 1 aromatic heterocycles. The lowest BCUT2D eigenvalue weighted by Gasteiger charge is -2.05. The first-order chi connectivity index (χ1) is 10.7. The number of fused-ring (bicyclic) bond motifs is 3. The molecule has 22 heavy (non-hydrogen) atoms. The van der Waals surface area contributed by atoms with Gasteiger partial charge in [0.2, 0.25) is 0 Å². The lowest BCUT2D eigenvalue weighted by molar-refractivity contribution is 0.104. The van der Waals surface area contributed by atoms with Crippen molar-refractivity contribution in [2.24, 2.45) is 0 Å². The van der Waals surface area contributed by atoms with Gasteiger partial charge in [0.15, 0.2) is 5.78 Å². The third-order valence-corrected chi connectivity index (χ3v) is 3.92. The maximum Gasteiger partial charge on any atom is 0.195 e. The topological polar surface area (TPSA) is 58.9 Å². The van der Waals surface area contributed by atoms with Crippen molar-refractivity contribution >= 4 is 33.3 Å². The number of ketones is 1. The van der Waals surface area contributed by atoms with Crippen LogP contribution in [0.1, 0.15) is 15.9 Å². The van der Waals surface area contributed by atoms with Crippen LogP contribution in [-0.4, -0.2) is 10.8 Å². The number of rotatable bonds is 2. The Hall–Kier alpha value is -3.07. The Balaban J connectivity index is 2.03. The third-order valence-electron chi connectivity index (χ3n) is 3.92. The Morgan fingerprint density at radius 3 is 2.41 bits per heavy atom. The molecule has 0 saturated carbocycles. The largest absolute Gasteiger partial charge is 0.399 e. The van der Waals surface area contributed by atoms with Gasteiger partial charge in [-0.25, -0.2) is 0 Å². The van der Waals surface area contributed by atoms with Crippen molar-refractivity contribution in [3.05, 3.63) is 77.9 Å². The molecule has 0 fully saturated rings. The molecule has 3 nitrogen and oxygen atoms in total. The van der Waals surface area contributed by atoms with Gasteiger partial charge in [-0.3, -0.25) is 4.79 Å². The van der Waals surface area contributed by atoms with Crippen LogP contribution in [0, 0.1) is 0 Å². The molecule has 3 N–H and O–H groups in total. The Kier molecular flexibility index (Phi) is 2.73. The van der Waals surface area contributed by atoms with Gasteiger partial charge in [-0.05, 0) is 18.2 Å². The molecule has 3 aromatic carbocycles. The van der Waals surface area contributed by atoms with E-state index in [0.717, 1.165) is 21.8 Å². The zero-order valence-corrected chi connectivity index (χ0v) is 11.8. The number of nitrogens with two attached hydrogens (primary N) is 1. The summed E-state index contributed by atoms with van der Waals surface area (Å²) in [6, 6.07) is 20.9. The number of carbonyl (C=O) groups excluding carboxylic acids is 1. The molecule has 0 saturated heterocycles. The monoisotopic (exact) mass is 286 g/mol. The predicted octanol–water partition coefficient (Wildman–Crippen LogP) is 4.13. The fourth-order valence-electron chi connectivity index (χ4n) is 2.90. The average molecular weight is 286 g/mol. The molecule has 0 aliphatic rings. The average Bonchev–Trinajstić information content (AvgIpc) is 2.93. The van der Waals surface area contributed by atoms with Gasteiger partial charge in [-0.1, -0.05) is 48.5 Å². The number of anilines is 1. The summed E-state index contributed by atoms with van der Waals surface area (Å²) < 4.78 is 0. The number of nitrogens with one attached hydrogen (secondary N) is 1. The van der Waals surface area contributed by atoms with E-state index in [4.69, 9.17) is 5.73 Å². The summed E-state index contributed by atoms with van der Waals surface area (Å²) in [7, 11) is 0. The molecule has 0 aliphatic carbocycles. The van der Waals surface area contributed by atoms with Gasteiger partial charge < -0.3 is 10.7 Å². The van der Waals surface area contributed by atoms with Gasteiger partial charge in [-0.2, -0.15) is 0 Å². The van der Waals surface area contributed by atoms with E-state index in [1.807, 2.05) is 60.7 Å². The van der Waals surface area contributed by atoms with Gasteiger partial charge in [0.05, 0.1) is 5.52 Å². The zero-order chi connectivity index (χ0) is 15.1. The number of para-hydroxylation sites is 1. The number of hydrogen-bond acceptors (Lipinski definition) is 2. The second-order valence-corrected chi connectivity index (χ2v) is 5.36. The first-order valence-electron chi connectivity index (χ1n) is 7.14. The van der Waals surface area contributed by atoms with E-state index in [0.29, 0.717) is 16.8 Å². The molecular formula is C19H14N2O. The number of aromatic nitrogens is 1. The van der Waals surface area contributed by atoms with Crippen LogP contribution in [0.15, 0.2) is 66.7 Å². The van der Waals surface area contributed by atoms with Crippen molar-refractivity contribution in [2.75, 3.05) is 5.73 Å². The van der Waals surface area contributed by atoms with Crippen LogP contribution >= 0.6 is 0 Å². The fraction of sp³-hybridized carbons (Fsp3) is 0. The van der Waals surface area contributed by atoms with Gasteiger partial charge in [0.1, 0.15) is 0 Å². The fourth-order valence-corrected chi connectivity index (χ4v) is 2.90. The smallest absolute Gasteiger partial charge is 0.195 e. The first kappa shape index (κ1) is 12.7. The minimum Gasteiger partial charge on any atom is -0.399 e. The first-order valence-corrected chi connectivity index (χ1v) is 7.14. The van der Waals surface area contributed by atoms with E-state index in [1.165, 1.54) is 0 Å². The Bertz CT molecular complexity index is 1000. The van der Waals surface area contributed by atoms with Crippen molar-refractivity contribution in [1.29, 1.82) is 0 Å². The highest BCUT2D eigenvalue weighted by atomic mass is 16.1. The molecule has 0 atom stereocenters. The van der Waals surface area contributed by atoms with E-state index in [-0.39, 0.29) is 5.78 Å². The van der Waals surface area contributed by atoms with Crippen LogP contribution in [-0.2, 0) is 0 Å². The normalized spacial score (nSPS) is 11.1. The van der Waals surface area contributed by atoms with E-state index in [9.17, 15) is 4.79 Å². The molecule has 4 rings (SSSR count). The van der Waals surface area contributed by atoms with E-state index in [1.54, 1.807) is 6.07 Å². The Morgan fingerprint density at radius 2 is 1.59 bits per heavy atom. The van der Waals surface area contributed by atoms with Crippen LogP contribution in [0.4, 0.5) is 5.69 Å². The number of hydrogen-bond donors (Lipinski definition) is 2. The molecule has 1 heterocycles. The van der Waals surface area contributed by atoms with E-state index in [2.05, 4.69) is 4.98 Å². The minimum absolute atomic E-state index is 0.0237. The van der Waals surface area contributed by atoms with Gasteiger partial charge >= 0.3 is 0 Å². The molecule has 0 bridgehead atoms. The second kappa shape index (κ2) is 4.74. The summed E-state index contributed by atoms with van der Waals surface area (Å²) in [4.78, 5) is 16.2. The summed E-state index contributed by atoms with van der Waals surface area (Å²) in [5.41, 5.74) is 9.73. The molecule has 3 heteroatoms. The third kappa shape index (κ3) is 1.87. The highest BCUT2D eigenvalue weighted by Gasteiger charge is 2.16. The van der Waals surface area contributed by atoms with Crippen molar-refractivity contribution in [3.63, 3.8) is 0 Å². The molecule has 0 spiro atoms. The number of carbonyl (C=O) groups is 1. The molecule has 0 amide bonds. The number of benzene rings is 3. The summed E-state index contributed by atoms with van der Waals surface area (Å²) in [5, 5.41) is 2.06. The highest BCUT2D eigenvalue weighted by Crippen LogP contribution is 2.30. The van der Waals surface area contributed by atoms with Crippen molar-refractivity contribution in [2.45, 2.75) is 0 Å². The van der Waals surface area contributed by atoms with Crippen molar-refractivity contribution in [1.82, 2.24) is 4.98 Å². The molecule has 0 radical (unpaired) electrons. The molecule has 0 unspecified atom stereocenters. The quantitative estimate of drug-likeness (QED) is 0.430. The summed E-state index contributed by atoms with van der Waals surface area (Å²) in [6.07, 6.45) is 0. The number of H-pyrrole nitrogens is 1. The number of aromatic amines is 1. The predicted molar refractivity (Wildman–Crippen MR) is 90.1 cm³/mol. The zero-order valence-electron chi connectivity index (χ0n) is 11.8. The van der Waals surface area contributed by atoms with Crippen LogP contribution in [0.2, 0.25) is 0 Å². The van der Waals surface area contributed by atoms with E-state index < -0.39 is 0 Å². The van der Waals surface area contributed by atoms with Crippen molar-refractivity contribution < 1.29 is 4.79 Å². The molecular weight excluding hydrogens is 272 g/mol. The van der Waals surface area contributed by atoms with Crippen LogP contribution in [0.5, 0.6) is 0 Å². The maximum atomic E-state index is 12.8. The maximum absolute atomic E-state index is 12.8. The van der Waals surface area contributed by atoms with Crippen LogP contribution in [0.3, 0.4) is 0 Å². The van der Waals surface area contributed by atoms with E-state index >= 15 is 0 Å². The highest BCUT2D eigenvalue weighted by molar-refractivity contribution is 6.20. The van der Waals surface area contributed by atoms with Crippen LogP contribution in [0.25, 0.3) is 21.8 Å². The van der Waals surface area contributed by atoms with Gasteiger partial charge in [0.25, 0.3) is 0 Å².